The number of thiophene rings is 1. The van der Waals surface area contributed by atoms with Crippen molar-refractivity contribution in [2.45, 2.75) is 30.8 Å². The molecule has 0 fully saturated rings. The van der Waals surface area contributed by atoms with Crippen molar-refractivity contribution in [1.29, 1.82) is 0 Å². The van der Waals surface area contributed by atoms with E-state index in [1.807, 2.05) is 0 Å². The van der Waals surface area contributed by atoms with Crippen molar-refractivity contribution in [1.82, 2.24) is 10.0 Å². The van der Waals surface area contributed by atoms with E-state index in [9.17, 15) is 8.42 Å². The molecule has 5 nitrogen and oxygen atoms in total. The van der Waals surface area contributed by atoms with Crippen LogP contribution in [0.25, 0.3) is 0 Å². The van der Waals surface area contributed by atoms with Crippen molar-refractivity contribution in [2.75, 3.05) is 20.8 Å². The van der Waals surface area contributed by atoms with Gasteiger partial charge in [0.1, 0.15) is 0 Å². The van der Waals surface area contributed by atoms with Crippen molar-refractivity contribution in [2.24, 2.45) is 0 Å². The Morgan fingerprint density at radius 3 is 2.67 bits per heavy atom. The molecule has 0 spiro atoms. The number of hydrogen-bond acceptors (Lipinski definition) is 5. The highest BCUT2D eigenvalue weighted by atomic mass is 32.2. The maximum Gasteiger partial charge on any atom is 0.242 e. The summed E-state index contributed by atoms with van der Waals surface area (Å²) in [5.74, 6) is 0. The van der Waals surface area contributed by atoms with E-state index in [4.69, 9.17) is 4.74 Å². The fourth-order valence-corrected chi connectivity index (χ4v) is 4.52. The average Bonchev–Trinajstić information content (AvgIpc) is 2.65. The Kier molecular flexibility index (Phi) is 5.30. The van der Waals surface area contributed by atoms with Gasteiger partial charge in [0.15, 0.2) is 0 Å². The van der Waals surface area contributed by atoms with Crippen LogP contribution in [0.3, 0.4) is 0 Å². The molecule has 0 aliphatic rings. The monoisotopic (exact) mass is 292 g/mol. The Hall–Kier alpha value is -0.470. The summed E-state index contributed by atoms with van der Waals surface area (Å²) >= 11 is 1.43. The fraction of sp³-hybridized carbons (Fsp3) is 0.636. The summed E-state index contributed by atoms with van der Waals surface area (Å²) in [5, 5.41) is 4.75. The summed E-state index contributed by atoms with van der Waals surface area (Å²) in [6, 6.07) is 1.63. The number of rotatable bonds is 7. The lowest BCUT2D eigenvalue weighted by Crippen LogP contribution is -2.46. The Morgan fingerprint density at radius 2 is 2.11 bits per heavy atom. The molecule has 0 atom stereocenters. The van der Waals surface area contributed by atoms with E-state index in [0.717, 1.165) is 4.88 Å². The molecule has 1 heterocycles. The van der Waals surface area contributed by atoms with E-state index < -0.39 is 15.6 Å². The second-order valence-electron chi connectivity index (χ2n) is 4.66. The van der Waals surface area contributed by atoms with Crippen molar-refractivity contribution in [3.63, 3.8) is 0 Å². The van der Waals surface area contributed by atoms with Crippen molar-refractivity contribution in [3.8, 4) is 0 Å². The maximum atomic E-state index is 12.3. The predicted molar refractivity (Wildman–Crippen MR) is 73.4 cm³/mol. The van der Waals surface area contributed by atoms with Crippen molar-refractivity contribution in [3.05, 3.63) is 16.3 Å². The van der Waals surface area contributed by atoms with Gasteiger partial charge in [-0.05, 0) is 32.3 Å². The van der Waals surface area contributed by atoms with Gasteiger partial charge in [-0.15, -0.1) is 11.3 Å². The summed E-state index contributed by atoms with van der Waals surface area (Å²) in [7, 11) is -0.170. The van der Waals surface area contributed by atoms with Crippen LogP contribution in [0.15, 0.2) is 16.3 Å². The van der Waals surface area contributed by atoms with E-state index >= 15 is 0 Å². The summed E-state index contributed by atoms with van der Waals surface area (Å²) in [4.78, 5) is 1.14. The van der Waals surface area contributed by atoms with Gasteiger partial charge in [-0.25, -0.2) is 13.1 Å². The summed E-state index contributed by atoms with van der Waals surface area (Å²) in [5.41, 5.74) is -0.633. The molecule has 0 unspecified atom stereocenters. The highest BCUT2D eigenvalue weighted by molar-refractivity contribution is 7.89. The van der Waals surface area contributed by atoms with Crippen molar-refractivity contribution < 1.29 is 13.2 Å². The van der Waals surface area contributed by atoms with E-state index in [1.54, 1.807) is 39.5 Å². The topological polar surface area (TPSA) is 67.4 Å². The van der Waals surface area contributed by atoms with E-state index in [2.05, 4.69) is 10.0 Å². The molecule has 0 bridgehead atoms. The average molecular weight is 292 g/mol. The Labute approximate surface area is 113 Å². The molecule has 0 amide bonds. The highest BCUT2D eigenvalue weighted by Crippen LogP contribution is 2.23. The smallest absolute Gasteiger partial charge is 0.242 e. The molecule has 0 aromatic carbocycles. The Balaban J connectivity index is 2.96. The molecular formula is C11H20N2O3S2. The molecule has 1 aromatic heterocycles. The van der Waals surface area contributed by atoms with Gasteiger partial charge >= 0.3 is 0 Å². The number of hydrogen-bond donors (Lipinski definition) is 2. The Morgan fingerprint density at radius 1 is 1.44 bits per heavy atom. The highest BCUT2D eigenvalue weighted by Gasteiger charge is 2.28. The lowest BCUT2D eigenvalue weighted by molar-refractivity contribution is 0.141. The third kappa shape index (κ3) is 4.03. The number of methoxy groups -OCH3 is 1. The molecule has 0 aliphatic carbocycles. The minimum Gasteiger partial charge on any atom is -0.383 e. The van der Waals surface area contributed by atoms with Gasteiger partial charge in [0.05, 0.1) is 17.0 Å². The summed E-state index contributed by atoms with van der Waals surface area (Å²) in [6.45, 7) is 4.44. The molecule has 0 aliphatic heterocycles. The zero-order valence-electron chi connectivity index (χ0n) is 11.1. The molecular weight excluding hydrogens is 272 g/mol. The number of ether oxygens (including phenoxy) is 1. The second-order valence-corrected chi connectivity index (χ2v) is 7.31. The van der Waals surface area contributed by atoms with Gasteiger partial charge in [0, 0.05) is 18.5 Å². The van der Waals surface area contributed by atoms with Gasteiger partial charge in [-0.2, -0.15) is 0 Å². The van der Waals surface area contributed by atoms with E-state index in [-0.39, 0.29) is 0 Å². The van der Waals surface area contributed by atoms with Gasteiger partial charge in [-0.1, -0.05) is 0 Å². The van der Waals surface area contributed by atoms with Gasteiger partial charge in [0.2, 0.25) is 10.0 Å². The zero-order chi connectivity index (χ0) is 13.8. The zero-order valence-corrected chi connectivity index (χ0v) is 12.7. The quantitative estimate of drug-likeness (QED) is 0.791. The van der Waals surface area contributed by atoms with Crippen LogP contribution in [0.1, 0.15) is 18.7 Å². The first-order valence-corrected chi connectivity index (χ1v) is 7.92. The molecule has 0 radical (unpaired) electrons. The summed E-state index contributed by atoms with van der Waals surface area (Å²) in [6.07, 6.45) is 0. The minimum atomic E-state index is -3.51. The van der Waals surface area contributed by atoms with Gasteiger partial charge in [-0.3, -0.25) is 0 Å². The maximum absolute atomic E-state index is 12.3. The second kappa shape index (κ2) is 6.12. The molecule has 0 saturated carbocycles. The van der Waals surface area contributed by atoms with Crippen LogP contribution in [-0.2, 0) is 21.3 Å². The van der Waals surface area contributed by atoms with Crippen LogP contribution >= 0.6 is 11.3 Å². The SMILES string of the molecule is CNCc1sccc1S(=O)(=O)NC(C)(C)COC. The van der Waals surface area contributed by atoms with Crippen LogP contribution in [-0.4, -0.2) is 34.7 Å². The third-order valence-electron chi connectivity index (χ3n) is 2.25. The molecule has 7 heteroatoms. The molecule has 1 aromatic rings. The standard InChI is InChI=1S/C11H20N2O3S2/c1-11(2,8-16-4)13-18(14,15)10-5-6-17-9(10)7-12-3/h5-6,12-13H,7-8H2,1-4H3. The first-order chi connectivity index (χ1) is 8.32. The first-order valence-electron chi connectivity index (χ1n) is 5.56. The van der Waals surface area contributed by atoms with Crippen LogP contribution in [0.4, 0.5) is 0 Å². The number of sulfonamides is 1. The van der Waals surface area contributed by atoms with Crippen LogP contribution in [0.2, 0.25) is 0 Å². The van der Waals surface area contributed by atoms with Crippen LogP contribution in [0, 0.1) is 0 Å². The summed E-state index contributed by atoms with van der Waals surface area (Å²) < 4.78 is 32.3. The first kappa shape index (κ1) is 15.6. The molecule has 0 saturated heterocycles. The molecule has 104 valence electrons. The normalized spacial score (nSPS) is 12.9. The lowest BCUT2D eigenvalue weighted by Gasteiger charge is -2.24. The van der Waals surface area contributed by atoms with Crippen LogP contribution < -0.4 is 10.0 Å². The van der Waals surface area contributed by atoms with E-state index in [0.29, 0.717) is 18.0 Å². The number of nitrogens with one attached hydrogen (secondary N) is 2. The Bertz CT molecular complexity index is 480. The molecule has 1 rings (SSSR count). The predicted octanol–water partition coefficient (Wildman–Crippen LogP) is 1.17. The minimum absolute atomic E-state index is 0.317. The third-order valence-corrected chi connectivity index (χ3v) is 5.08. The van der Waals surface area contributed by atoms with Gasteiger partial charge in [0.25, 0.3) is 0 Å². The van der Waals surface area contributed by atoms with Gasteiger partial charge < -0.3 is 10.1 Å². The van der Waals surface area contributed by atoms with Crippen molar-refractivity contribution >= 4 is 21.4 Å². The molecule has 2 N–H and O–H groups in total. The van der Waals surface area contributed by atoms with E-state index in [1.165, 1.54) is 11.3 Å². The van der Waals surface area contributed by atoms with Crippen LogP contribution in [0.5, 0.6) is 0 Å². The largest absolute Gasteiger partial charge is 0.383 e. The molecule has 18 heavy (non-hydrogen) atoms. The lowest BCUT2D eigenvalue weighted by atomic mass is 10.1. The fourth-order valence-electron chi connectivity index (χ4n) is 1.67.